The van der Waals surface area contributed by atoms with E-state index in [1.165, 1.54) is 5.56 Å². The molecule has 1 heterocycles. The van der Waals surface area contributed by atoms with Crippen molar-refractivity contribution >= 4 is 17.4 Å². The second-order valence-electron chi connectivity index (χ2n) is 5.73. The van der Waals surface area contributed by atoms with Crippen LogP contribution in [0.25, 0.3) is 0 Å². The average molecular weight is 284 g/mol. The predicted molar refractivity (Wildman–Crippen MR) is 79.6 cm³/mol. The van der Waals surface area contributed by atoms with E-state index < -0.39 is 5.60 Å². The van der Waals surface area contributed by atoms with Gasteiger partial charge in [0.25, 0.3) is 0 Å². The number of carbonyl (C=O) groups is 1. The van der Waals surface area contributed by atoms with E-state index in [4.69, 9.17) is 4.74 Å². The van der Waals surface area contributed by atoms with Crippen molar-refractivity contribution in [1.82, 2.24) is 10.6 Å². The molecule has 1 aromatic heterocycles. The molecule has 108 valence electrons. The fraction of sp³-hybridized carbons (Fsp3) is 0.643. The molecule has 0 aliphatic rings. The Hall–Kier alpha value is -1.07. The molecule has 1 aromatic rings. The smallest absolute Gasteiger partial charge is 0.407 e. The lowest BCUT2D eigenvalue weighted by molar-refractivity contribution is 0.0522. The Bertz CT molecular complexity index is 385. The lowest BCUT2D eigenvalue weighted by atomic mass is 10.1. The lowest BCUT2D eigenvalue weighted by Gasteiger charge is -2.22. The highest BCUT2D eigenvalue weighted by Crippen LogP contribution is 2.15. The molecule has 2 N–H and O–H groups in total. The first-order valence-electron chi connectivity index (χ1n) is 6.53. The van der Waals surface area contributed by atoms with Gasteiger partial charge < -0.3 is 15.4 Å². The van der Waals surface area contributed by atoms with Crippen molar-refractivity contribution < 1.29 is 9.53 Å². The first-order chi connectivity index (χ1) is 8.78. The molecule has 0 aliphatic carbocycles. The summed E-state index contributed by atoms with van der Waals surface area (Å²) in [5.41, 5.74) is 0.819. The monoisotopic (exact) mass is 284 g/mol. The Morgan fingerprint density at radius 1 is 1.42 bits per heavy atom. The predicted octanol–water partition coefficient (Wildman–Crippen LogP) is 3.31. The minimum atomic E-state index is -0.454. The van der Waals surface area contributed by atoms with E-state index in [1.54, 1.807) is 11.3 Å². The van der Waals surface area contributed by atoms with Crippen LogP contribution in [0.5, 0.6) is 0 Å². The molecule has 0 radical (unpaired) electrons. The van der Waals surface area contributed by atoms with Gasteiger partial charge in [-0.3, -0.25) is 0 Å². The van der Waals surface area contributed by atoms with Crippen LogP contribution in [-0.2, 0) is 4.74 Å². The van der Waals surface area contributed by atoms with Gasteiger partial charge in [0.2, 0.25) is 0 Å². The van der Waals surface area contributed by atoms with Crippen molar-refractivity contribution in [3.8, 4) is 0 Å². The van der Waals surface area contributed by atoms with E-state index in [-0.39, 0.29) is 18.2 Å². The number of thiophene rings is 1. The molecule has 5 heteroatoms. The van der Waals surface area contributed by atoms with Crippen LogP contribution in [-0.4, -0.2) is 24.3 Å². The van der Waals surface area contributed by atoms with Crippen LogP contribution >= 0.6 is 11.3 Å². The minimum Gasteiger partial charge on any atom is -0.444 e. The molecule has 19 heavy (non-hydrogen) atoms. The second kappa shape index (κ2) is 6.91. The fourth-order valence-corrected chi connectivity index (χ4v) is 2.41. The lowest BCUT2D eigenvalue weighted by Crippen LogP contribution is -2.41. The maximum Gasteiger partial charge on any atom is 0.407 e. The van der Waals surface area contributed by atoms with Crippen molar-refractivity contribution in [2.45, 2.75) is 52.3 Å². The molecule has 0 aliphatic heterocycles. The van der Waals surface area contributed by atoms with Gasteiger partial charge in [0.05, 0.1) is 0 Å². The summed E-state index contributed by atoms with van der Waals surface area (Å²) in [6.45, 7) is 10.3. The van der Waals surface area contributed by atoms with Crippen LogP contribution in [0.15, 0.2) is 16.8 Å². The van der Waals surface area contributed by atoms with E-state index in [1.807, 2.05) is 27.7 Å². The molecule has 1 amide bonds. The van der Waals surface area contributed by atoms with Gasteiger partial charge in [0, 0.05) is 18.6 Å². The van der Waals surface area contributed by atoms with Gasteiger partial charge in [-0.25, -0.2) is 4.79 Å². The quantitative estimate of drug-likeness (QED) is 0.872. The molecule has 1 rings (SSSR count). The number of amides is 1. The molecule has 2 unspecified atom stereocenters. The van der Waals surface area contributed by atoms with Crippen molar-refractivity contribution in [3.05, 3.63) is 22.4 Å². The van der Waals surface area contributed by atoms with Gasteiger partial charge in [-0.05, 0) is 57.0 Å². The zero-order valence-electron chi connectivity index (χ0n) is 12.3. The van der Waals surface area contributed by atoms with Gasteiger partial charge >= 0.3 is 6.09 Å². The van der Waals surface area contributed by atoms with Crippen LogP contribution < -0.4 is 10.6 Å². The Labute approximate surface area is 119 Å². The molecule has 0 spiro atoms. The van der Waals surface area contributed by atoms with Crippen molar-refractivity contribution in [2.24, 2.45) is 0 Å². The van der Waals surface area contributed by atoms with Crippen LogP contribution in [0.3, 0.4) is 0 Å². The van der Waals surface area contributed by atoms with Gasteiger partial charge in [0.1, 0.15) is 5.60 Å². The largest absolute Gasteiger partial charge is 0.444 e. The SMILES string of the molecule is CC(CNC(=O)OC(C)(C)C)NC(C)c1ccsc1. The van der Waals surface area contributed by atoms with E-state index in [9.17, 15) is 4.79 Å². The summed E-state index contributed by atoms with van der Waals surface area (Å²) >= 11 is 1.69. The summed E-state index contributed by atoms with van der Waals surface area (Å²) in [6, 6.07) is 2.57. The molecule has 0 bridgehead atoms. The summed E-state index contributed by atoms with van der Waals surface area (Å²) < 4.78 is 5.19. The van der Waals surface area contributed by atoms with Crippen molar-refractivity contribution in [2.75, 3.05) is 6.54 Å². The van der Waals surface area contributed by atoms with Crippen molar-refractivity contribution in [1.29, 1.82) is 0 Å². The summed E-state index contributed by atoms with van der Waals surface area (Å²) in [5, 5.41) is 10.4. The number of ether oxygens (including phenoxy) is 1. The molecule has 0 aromatic carbocycles. The highest BCUT2D eigenvalue weighted by atomic mass is 32.1. The molecular formula is C14H24N2O2S. The highest BCUT2D eigenvalue weighted by molar-refractivity contribution is 7.07. The Kier molecular flexibility index (Phi) is 5.82. The number of nitrogens with one attached hydrogen (secondary N) is 2. The van der Waals surface area contributed by atoms with Crippen LogP contribution in [0.2, 0.25) is 0 Å². The molecule has 0 saturated heterocycles. The van der Waals surface area contributed by atoms with Crippen LogP contribution in [0.4, 0.5) is 4.79 Å². The summed E-state index contributed by atoms with van der Waals surface area (Å²) in [6.07, 6.45) is -0.371. The fourth-order valence-electron chi connectivity index (χ4n) is 1.65. The third-order valence-corrected chi connectivity index (χ3v) is 3.23. The molecule has 2 atom stereocenters. The Balaban J connectivity index is 2.28. The second-order valence-corrected chi connectivity index (χ2v) is 6.51. The molecular weight excluding hydrogens is 260 g/mol. The summed E-state index contributed by atoms with van der Waals surface area (Å²) in [4.78, 5) is 11.5. The van der Waals surface area contributed by atoms with E-state index in [2.05, 4.69) is 34.4 Å². The first-order valence-corrected chi connectivity index (χ1v) is 7.47. The molecule has 4 nitrogen and oxygen atoms in total. The standard InChI is InChI=1S/C14H24N2O2S/c1-10(8-15-13(17)18-14(3,4)5)16-11(2)12-6-7-19-9-12/h6-7,9-11,16H,8H2,1-5H3,(H,15,17). The first kappa shape index (κ1) is 16.0. The van der Waals surface area contributed by atoms with Gasteiger partial charge in [-0.15, -0.1) is 0 Å². The number of alkyl carbamates (subject to hydrolysis) is 1. The van der Waals surface area contributed by atoms with Crippen molar-refractivity contribution in [3.63, 3.8) is 0 Å². The average Bonchev–Trinajstić information content (AvgIpc) is 2.77. The third kappa shape index (κ3) is 6.59. The number of carbonyl (C=O) groups excluding carboxylic acids is 1. The highest BCUT2D eigenvalue weighted by Gasteiger charge is 2.17. The maximum atomic E-state index is 11.5. The third-order valence-electron chi connectivity index (χ3n) is 2.53. The van der Waals surface area contributed by atoms with Crippen LogP contribution in [0.1, 0.15) is 46.2 Å². The maximum absolute atomic E-state index is 11.5. The number of hydrogen-bond acceptors (Lipinski definition) is 4. The summed E-state index contributed by atoms with van der Waals surface area (Å²) in [5.74, 6) is 0. The van der Waals surface area contributed by atoms with Gasteiger partial charge in [-0.2, -0.15) is 11.3 Å². The van der Waals surface area contributed by atoms with Gasteiger partial charge in [0.15, 0.2) is 0 Å². The number of rotatable bonds is 5. The normalized spacial score (nSPS) is 14.8. The topological polar surface area (TPSA) is 50.4 Å². The number of hydrogen-bond donors (Lipinski definition) is 2. The molecule has 0 saturated carbocycles. The molecule has 0 fully saturated rings. The van der Waals surface area contributed by atoms with E-state index in [0.717, 1.165) is 0 Å². The summed E-state index contributed by atoms with van der Waals surface area (Å²) in [7, 11) is 0. The van der Waals surface area contributed by atoms with Gasteiger partial charge in [-0.1, -0.05) is 0 Å². The minimum absolute atomic E-state index is 0.183. The zero-order chi connectivity index (χ0) is 14.5. The Morgan fingerprint density at radius 3 is 2.63 bits per heavy atom. The zero-order valence-corrected chi connectivity index (χ0v) is 13.1. The van der Waals surface area contributed by atoms with E-state index in [0.29, 0.717) is 6.54 Å². The Morgan fingerprint density at radius 2 is 2.11 bits per heavy atom. The van der Waals surface area contributed by atoms with Crippen LogP contribution in [0, 0.1) is 0 Å². The van der Waals surface area contributed by atoms with E-state index >= 15 is 0 Å².